The van der Waals surface area contributed by atoms with Crippen LogP contribution in [0.15, 0.2) is 12.1 Å². The molecule has 11 nitrogen and oxygen atoms in total. The van der Waals surface area contributed by atoms with Gasteiger partial charge in [0.1, 0.15) is 18.0 Å². The van der Waals surface area contributed by atoms with E-state index in [0.717, 1.165) is 5.69 Å². The summed E-state index contributed by atoms with van der Waals surface area (Å²) in [6.45, 7) is 7.58. The lowest BCUT2D eigenvalue weighted by molar-refractivity contribution is -0.135. The van der Waals surface area contributed by atoms with Crippen LogP contribution in [0.5, 0.6) is 5.75 Å². The van der Waals surface area contributed by atoms with Crippen molar-refractivity contribution in [2.45, 2.75) is 56.8 Å². The summed E-state index contributed by atoms with van der Waals surface area (Å²) >= 11 is 0. The number of piperazine rings is 1. The van der Waals surface area contributed by atoms with E-state index in [-0.39, 0.29) is 49.7 Å². The number of hydrogen-bond acceptors (Lipinski definition) is 8. The van der Waals surface area contributed by atoms with Crippen molar-refractivity contribution in [2.24, 2.45) is 0 Å². The number of nitrogens with one attached hydrogen (secondary N) is 2. The fourth-order valence-corrected chi connectivity index (χ4v) is 5.00. The molecule has 3 heterocycles. The second-order valence-electron chi connectivity index (χ2n) is 10.4. The molecule has 4 rings (SSSR count). The standard InChI is InChI=1S/C24H31N4O7Si/c1-23(2,3)35-22(33)27-8-9-28-14(11-27)12-34-19-16(15(20(30)31)4-5-17(19)28)10-25-13-24(36)7-6-18(29)26-21(24)32/h4-5,14,25H,6-13H2,1-3H3,(H,30,31)(H,26,29,32)/t14-,24?/m1/s1. The van der Waals surface area contributed by atoms with Gasteiger partial charge < -0.3 is 29.7 Å². The second kappa shape index (κ2) is 9.73. The zero-order valence-electron chi connectivity index (χ0n) is 20.7. The van der Waals surface area contributed by atoms with Crippen LogP contribution >= 0.6 is 0 Å². The maximum absolute atomic E-state index is 12.5. The summed E-state index contributed by atoms with van der Waals surface area (Å²) in [6.07, 6.45) is 0.189. The number of carbonyl (C=O) groups is 4. The number of carboxylic acid groups (broad SMARTS) is 1. The third kappa shape index (κ3) is 5.33. The largest absolute Gasteiger partial charge is 0.489 e. The molecule has 2 fully saturated rings. The molecule has 3 N–H and O–H groups in total. The Kier molecular flexibility index (Phi) is 7.02. The van der Waals surface area contributed by atoms with Crippen molar-refractivity contribution >= 4 is 39.8 Å². The number of imide groups is 1. The lowest BCUT2D eigenvalue weighted by Gasteiger charge is -2.46. The number of amides is 3. The van der Waals surface area contributed by atoms with Gasteiger partial charge in [-0.25, -0.2) is 9.59 Å². The first kappa shape index (κ1) is 26.0. The van der Waals surface area contributed by atoms with Crippen molar-refractivity contribution in [3.63, 3.8) is 0 Å². The van der Waals surface area contributed by atoms with Gasteiger partial charge in [0.25, 0.3) is 0 Å². The molecule has 1 aromatic carbocycles. The molecule has 0 saturated carbocycles. The van der Waals surface area contributed by atoms with E-state index in [1.165, 1.54) is 0 Å². The molecule has 193 valence electrons. The molecule has 3 radical (unpaired) electrons. The van der Waals surface area contributed by atoms with Crippen molar-refractivity contribution in [3.8, 4) is 5.75 Å². The summed E-state index contributed by atoms with van der Waals surface area (Å²) in [6, 6.07) is 3.20. The average Bonchev–Trinajstić information content (AvgIpc) is 2.80. The Morgan fingerprint density at radius 2 is 2.06 bits per heavy atom. The van der Waals surface area contributed by atoms with Gasteiger partial charge in [-0.2, -0.15) is 0 Å². The summed E-state index contributed by atoms with van der Waals surface area (Å²) in [5.41, 5.74) is 0.778. The van der Waals surface area contributed by atoms with E-state index in [2.05, 4.69) is 25.8 Å². The molecule has 3 aliphatic rings. The maximum Gasteiger partial charge on any atom is 0.410 e. The minimum Gasteiger partial charge on any atom is -0.489 e. The van der Waals surface area contributed by atoms with Crippen LogP contribution in [-0.4, -0.2) is 88.6 Å². The number of aromatic carboxylic acids is 1. The zero-order valence-corrected chi connectivity index (χ0v) is 21.7. The van der Waals surface area contributed by atoms with E-state index < -0.39 is 22.5 Å². The van der Waals surface area contributed by atoms with Crippen LogP contribution in [0, 0.1) is 0 Å². The number of hydrogen-bond donors (Lipinski definition) is 3. The number of piperidine rings is 1. The molecule has 36 heavy (non-hydrogen) atoms. The minimum absolute atomic E-state index is 0.0933. The van der Waals surface area contributed by atoms with Crippen LogP contribution in [0.4, 0.5) is 10.5 Å². The maximum atomic E-state index is 12.5. The predicted molar refractivity (Wildman–Crippen MR) is 130 cm³/mol. The van der Waals surface area contributed by atoms with Gasteiger partial charge in [-0.15, -0.1) is 0 Å². The Labute approximate surface area is 212 Å². The van der Waals surface area contributed by atoms with E-state index >= 15 is 0 Å². The lowest BCUT2D eigenvalue weighted by Crippen LogP contribution is -2.59. The molecule has 1 unspecified atom stereocenters. The van der Waals surface area contributed by atoms with Gasteiger partial charge in [0.15, 0.2) is 0 Å². The summed E-state index contributed by atoms with van der Waals surface area (Å²) in [5, 5.41) is 14.3. The van der Waals surface area contributed by atoms with Crippen molar-refractivity contribution in [2.75, 3.05) is 37.7 Å². The SMILES string of the molecule is CC(C)(C)OC(=O)N1CCN2c3ccc(C(=O)O)c(CNCC4([Si])CCC(=O)NC4=O)c3OC[C@H]2C1. The van der Waals surface area contributed by atoms with Gasteiger partial charge in [0.05, 0.1) is 17.3 Å². The van der Waals surface area contributed by atoms with Gasteiger partial charge >= 0.3 is 12.1 Å². The second-order valence-corrected chi connectivity index (χ2v) is 11.3. The molecule has 0 aliphatic carbocycles. The molecule has 2 saturated heterocycles. The third-order valence-electron chi connectivity index (χ3n) is 6.53. The zero-order chi connectivity index (χ0) is 26.3. The fraction of sp³-hybridized carbons (Fsp3) is 0.583. The van der Waals surface area contributed by atoms with E-state index in [4.69, 9.17) is 9.47 Å². The van der Waals surface area contributed by atoms with Crippen LogP contribution in [-0.2, 0) is 20.9 Å². The van der Waals surface area contributed by atoms with Crippen LogP contribution < -0.4 is 20.3 Å². The number of nitrogens with zero attached hydrogens (tertiary/aromatic N) is 2. The number of ether oxygens (including phenoxy) is 2. The quantitative estimate of drug-likeness (QED) is 0.388. The molecule has 2 atom stereocenters. The van der Waals surface area contributed by atoms with Gasteiger partial charge in [-0.1, -0.05) is 0 Å². The van der Waals surface area contributed by atoms with Gasteiger partial charge in [-0.3, -0.25) is 14.9 Å². The monoisotopic (exact) mass is 515 g/mol. The van der Waals surface area contributed by atoms with Crippen molar-refractivity contribution in [3.05, 3.63) is 23.3 Å². The van der Waals surface area contributed by atoms with Gasteiger partial charge in [0, 0.05) is 60.0 Å². The molecule has 3 aliphatic heterocycles. The van der Waals surface area contributed by atoms with E-state index in [9.17, 15) is 24.3 Å². The van der Waals surface area contributed by atoms with Crippen LogP contribution in [0.2, 0.25) is 5.04 Å². The molecule has 0 spiro atoms. The van der Waals surface area contributed by atoms with Crippen molar-refractivity contribution in [1.29, 1.82) is 0 Å². The molecular formula is C24H31N4O7Si. The normalized spacial score (nSPS) is 23.8. The number of rotatable bonds is 5. The van der Waals surface area contributed by atoms with E-state index in [1.54, 1.807) is 17.0 Å². The lowest BCUT2D eigenvalue weighted by atomic mass is 9.96. The van der Waals surface area contributed by atoms with Gasteiger partial charge in [0.2, 0.25) is 11.8 Å². The third-order valence-corrected chi connectivity index (χ3v) is 7.18. The Morgan fingerprint density at radius 1 is 1.31 bits per heavy atom. The molecule has 0 bridgehead atoms. The Balaban J connectivity index is 1.50. The highest BCUT2D eigenvalue weighted by molar-refractivity contribution is 6.30. The van der Waals surface area contributed by atoms with Crippen molar-refractivity contribution in [1.82, 2.24) is 15.5 Å². The number of carboxylic acids is 1. The number of anilines is 1. The molecular weight excluding hydrogens is 484 g/mol. The summed E-state index contributed by atoms with van der Waals surface area (Å²) in [7, 11) is 3.50. The highest BCUT2D eigenvalue weighted by atomic mass is 28.1. The summed E-state index contributed by atoms with van der Waals surface area (Å²) in [5.74, 6) is -1.33. The summed E-state index contributed by atoms with van der Waals surface area (Å²) in [4.78, 5) is 52.1. The fourth-order valence-electron chi connectivity index (χ4n) is 4.68. The first-order valence-corrected chi connectivity index (χ1v) is 12.4. The Bertz CT molecular complexity index is 1090. The van der Waals surface area contributed by atoms with Crippen LogP contribution in [0.1, 0.15) is 49.5 Å². The van der Waals surface area contributed by atoms with Gasteiger partial charge in [-0.05, 0) is 39.3 Å². The smallest absolute Gasteiger partial charge is 0.410 e. The highest BCUT2D eigenvalue weighted by Gasteiger charge is 2.39. The minimum atomic E-state index is -1.08. The average molecular weight is 516 g/mol. The van der Waals surface area contributed by atoms with E-state index in [0.29, 0.717) is 37.4 Å². The van der Waals surface area contributed by atoms with Crippen LogP contribution in [0.25, 0.3) is 0 Å². The molecule has 12 heteroatoms. The summed E-state index contributed by atoms with van der Waals surface area (Å²) < 4.78 is 11.6. The molecule has 1 aromatic rings. The number of carbonyl (C=O) groups excluding carboxylic acids is 3. The first-order valence-electron chi connectivity index (χ1n) is 11.9. The predicted octanol–water partition coefficient (Wildman–Crippen LogP) is 1.06. The Morgan fingerprint density at radius 3 is 2.72 bits per heavy atom. The Hall–Kier alpha value is -3.12. The number of benzene rings is 1. The highest BCUT2D eigenvalue weighted by Crippen LogP contribution is 2.40. The number of fused-ring (bicyclic) bond motifs is 3. The molecule has 0 aromatic heterocycles. The van der Waals surface area contributed by atoms with Crippen molar-refractivity contribution < 1.29 is 33.8 Å². The topological polar surface area (TPSA) is 138 Å². The van der Waals surface area contributed by atoms with Crippen LogP contribution in [0.3, 0.4) is 0 Å². The van der Waals surface area contributed by atoms with E-state index in [1.807, 2.05) is 20.8 Å². The molecule has 3 amide bonds. The first-order chi connectivity index (χ1) is 16.9.